The summed E-state index contributed by atoms with van der Waals surface area (Å²) in [5.74, 6) is 0.485. The Labute approximate surface area is 97.5 Å². The minimum Gasteiger partial charge on any atom is -0.314 e. The maximum absolute atomic E-state index is 12.1. The third-order valence-electron chi connectivity index (χ3n) is 3.01. The minimum atomic E-state index is -0.0396. The molecule has 1 aliphatic heterocycles. The third-order valence-corrected chi connectivity index (χ3v) is 3.01. The summed E-state index contributed by atoms with van der Waals surface area (Å²) >= 11 is 0. The number of rotatable bonds is 2. The Bertz CT molecular complexity index is 567. The zero-order valence-corrected chi connectivity index (χ0v) is 9.39. The van der Waals surface area contributed by atoms with E-state index in [-0.39, 0.29) is 5.56 Å². The molecular formula is C10H14N6O. The second-order valence-electron chi connectivity index (χ2n) is 4.16. The second-order valence-corrected chi connectivity index (χ2v) is 4.16. The van der Waals surface area contributed by atoms with Crippen LogP contribution < -0.4 is 10.9 Å². The van der Waals surface area contributed by atoms with Crippen molar-refractivity contribution in [2.24, 2.45) is 0 Å². The zero-order valence-electron chi connectivity index (χ0n) is 9.39. The fraction of sp³-hybridized carbons (Fsp3) is 0.500. The normalized spacial score (nSPS) is 17.6. The maximum Gasteiger partial charge on any atom is 0.264 e. The van der Waals surface area contributed by atoms with Crippen molar-refractivity contribution in [2.45, 2.75) is 6.54 Å². The van der Waals surface area contributed by atoms with E-state index in [0.29, 0.717) is 17.9 Å². The molecule has 0 aromatic carbocycles. The van der Waals surface area contributed by atoms with Crippen LogP contribution in [-0.4, -0.2) is 50.7 Å². The first-order valence-electron chi connectivity index (χ1n) is 5.67. The van der Waals surface area contributed by atoms with Crippen molar-refractivity contribution in [1.82, 2.24) is 29.8 Å². The highest BCUT2D eigenvalue weighted by Crippen LogP contribution is 2.01. The van der Waals surface area contributed by atoms with Crippen LogP contribution in [0.4, 0.5) is 0 Å². The van der Waals surface area contributed by atoms with E-state index in [1.165, 1.54) is 10.7 Å². The highest BCUT2D eigenvalue weighted by Gasteiger charge is 2.13. The van der Waals surface area contributed by atoms with Crippen LogP contribution in [0.3, 0.4) is 0 Å². The van der Waals surface area contributed by atoms with Gasteiger partial charge in [-0.3, -0.25) is 9.69 Å². The van der Waals surface area contributed by atoms with Crippen LogP contribution in [0.15, 0.2) is 17.3 Å². The van der Waals surface area contributed by atoms with Crippen LogP contribution in [0.1, 0.15) is 5.56 Å². The Balaban J connectivity index is 1.89. The molecule has 2 N–H and O–H groups in total. The van der Waals surface area contributed by atoms with E-state index < -0.39 is 0 Å². The Morgan fingerprint density at radius 2 is 2.18 bits per heavy atom. The van der Waals surface area contributed by atoms with Crippen molar-refractivity contribution in [2.75, 3.05) is 26.2 Å². The van der Waals surface area contributed by atoms with Gasteiger partial charge in [-0.25, -0.2) is 14.5 Å². The fourth-order valence-corrected chi connectivity index (χ4v) is 2.06. The second kappa shape index (κ2) is 4.27. The highest BCUT2D eigenvalue weighted by atomic mass is 16.1. The predicted octanol–water partition coefficient (Wildman–Crippen LogP) is -1.18. The zero-order chi connectivity index (χ0) is 11.7. The van der Waals surface area contributed by atoms with Crippen molar-refractivity contribution in [3.8, 4) is 0 Å². The van der Waals surface area contributed by atoms with Crippen LogP contribution in [0.25, 0.3) is 5.78 Å². The predicted molar refractivity (Wildman–Crippen MR) is 61.8 cm³/mol. The summed E-state index contributed by atoms with van der Waals surface area (Å²) in [4.78, 5) is 18.5. The van der Waals surface area contributed by atoms with Crippen LogP contribution in [0.2, 0.25) is 0 Å². The number of hydrogen-bond acceptors (Lipinski definition) is 5. The number of fused-ring (bicyclic) bond motifs is 1. The number of aromatic nitrogens is 4. The molecule has 0 saturated carbocycles. The summed E-state index contributed by atoms with van der Waals surface area (Å²) in [6.07, 6.45) is 3.10. The lowest BCUT2D eigenvalue weighted by molar-refractivity contribution is 0.232. The molecule has 0 amide bonds. The third kappa shape index (κ3) is 1.94. The topological polar surface area (TPSA) is 78.3 Å². The van der Waals surface area contributed by atoms with E-state index in [1.807, 2.05) is 0 Å². The quantitative estimate of drug-likeness (QED) is 0.684. The number of aromatic amines is 1. The van der Waals surface area contributed by atoms with Crippen LogP contribution >= 0.6 is 0 Å². The summed E-state index contributed by atoms with van der Waals surface area (Å²) < 4.78 is 1.44. The molecule has 3 rings (SSSR count). The smallest absolute Gasteiger partial charge is 0.264 e. The molecule has 0 aliphatic carbocycles. The summed E-state index contributed by atoms with van der Waals surface area (Å²) in [7, 11) is 0. The number of H-pyrrole nitrogens is 1. The van der Waals surface area contributed by atoms with Crippen molar-refractivity contribution in [1.29, 1.82) is 0 Å². The molecule has 90 valence electrons. The monoisotopic (exact) mass is 234 g/mol. The molecule has 0 radical (unpaired) electrons. The largest absolute Gasteiger partial charge is 0.314 e. The molecular weight excluding hydrogens is 220 g/mol. The van der Waals surface area contributed by atoms with E-state index >= 15 is 0 Å². The fourth-order valence-electron chi connectivity index (χ4n) is 2.06. The molecule has 2 aromatic rings. The van der Waals surface area contributed by atoms with Crippen molar-refractivity contribution < 1.29 is 0 Å². The lowest BCUT2D eigenvalue weighted by Crippen LogP contribution is -2.43. The van der Waals surface area contributed by atoms with E-state index in [2.05, 4.69) is 25.4 Å². The van der Waals surface area contributed by atoms with E-state index in [4.69, 9.17) is 0 Å². The molecule has 3 heterocycles. The van der Waals surface area contributed by atoms with Gasteiger partial charge in [0.15, 0.2) is 0 Å². The van der Waals surface area contributed by atoms with Gasteiger partial charge in [0.05, 0.1) is 5.56 Å². The van der Waals surface area contributed by atoms with Gasteiger partial charge in [-0.1, -0.05) is 0 Å². The van der Waals surface area contributed by atoms with Gasteiger partial charge in [0.2, 0.25) is 5.78 Å². The van der Waals surface area contributed by atoms with Crippen LogP contribution in [-0.2, 0) is 6.54 Å². The van der Waals surface area contributed by atoms with E-state index in [9.17, 15) is 4.79 Å². The van der Waals surface area contributed by atoms with Gasteiger partial charge in [0.25, 0.3) is 5.56 Å². The Hall–Kier alpha value is -1.73. The number of nitrogens with zero attached hydrogens (tertiary/aromatic N) is 4. The van der Waals surface area contributed by atoms with Gasteiger partial charge in [-0.05, 0) is 0 Å². The summed E-state index contributed by atoms with van der Waals surface area (Å²) in [5, 5.41) is 9.76. The Morgan fingerprint density at radius 3 is 3.00 bits per heavy atom. The lowest BCUT2D eigenvalue weighted by atomic mass is 10.2. The molecule has 7 heteroatoms. The molecule has 1 fully saturated rings. The summed E-state index contributed by atoms with van der Waals surface area (Å²) in [6, 6.07) is 0. The standard InChI is InChI=1S/C10H14N6O/c17-9-8(6-15-3-1-11-2-4-15)5-12-10-14-13-7-16(9)10/h5,7,11H,1-4,6H2,(H,12,14). The SMILES string of the molecule is O=c1c(CN2CCNCC2)cnc2[nH]ncn12. The highest BCUT2D eigenvalue weighted by molar-refractivity contribution is 5.26. The van der Waals surface area contributed by atoms with E-state index in [1.54, 1.807) is 6.20 Å². The average molecular weight is 234 g/mol. The lowest BCUT2D eigenvalue weighted by Gasteiger charge is -2.26. The van der Waals surface area contributed by atoms with Crippen molar-refractivity contribution in [3.63, 3.8) is 0 Å². The first-order valence-corrected chi connectivity index (χ1v) is 5.67. The number of hydrogen-bond donors (Lipinski definition) is 2. The average Bonchev–Trinajstić information content (AvgIpc) is 2.83. The Morgan fingerprint density at radius 1 is 1.35 bits per heavy atom. The molecule has 1 aliphatic rings. The summed E-state index contributed by atoms with van der Waals surface area (Å²) in [6.45, 7) is 4.54. The molecule has 1 saturated heterocycles. The maximum atomic E-state index is 12.1. The first-order chi connectivity index (χ1) is 8.34. The number of nitrogens with one attached hydrogen (secondary N) is 2. The Kier molecular flexibility index (Phi) is 2.62. The molecule has 0 unspecified atom stereocenters. The van der Waals surface area contributed by atoms with E-state index in [0.717, 1.165) is 26.2 Å². The summed E-state index contributed by atoms with van der Waals surface area (Å²) in [5.41, 5.74) is 0.674. The first kappa shape index (κ1) is 10.4. The van der Waals surface area contributed by atoms with Crippen LogP contribution in [0.5, 0.6) is 0 Å². The van der Waals surface area contributed by atoms with Gasteiger partial charge >= 0.3 is 0 Å². The molecule has 2 aromatic heterocycles. The van der Waals surface area contributed by atoms with Gasteiger partial charge < -0.3 is 5.32 Å². The van der Waals surface area contributed by atoms with Gasteiger partial charge in [-0.2, -0.15) is 5.10 Å². The molecule has 0 spiro atoms. The van der Waals surface area contributed by atoms with Crippen molar-refractivity contribution in [3.05, 3.63) is 28.4 Å². The number of piperazine rings is 1. The molecule has 0 atom stereocenters. The van der Waals surface area contributed by atoms with Gasteiger partial charge in [0, 0.05) is 38.9 Å². The molecule has 7 nitrogen and oxygen atoms in total. The minimum absolute atomic E-state index is 0.0396. The van der Waals surface area contributed by atoms with Gasteiger partial charge in [-0.15, -0.1) is 0 Å². The molecule has 17 heavy (non-hydrogen) atoms. The van der Waals surface area contributed by atoms with Crippen LogP contribution in [0, 0.1) is 0 Å². The molecule has 0 bridgehead atoms. The van der Waals surface area contributed by atoms with Gasteiger partial charge in [0.1, 0.15) is 6.33 Å². The van der Waals surface area contributed by atoms with Crippen molar-refractivity contribution >= 4 is 5.78 Å².